The van der Waals surface area contributed by atoms with Crippen molar-refractivity contribution in [2.75, 3.05) is 13.7 Å². The van der Waals surface area contributed by atoms with Crippen LogP contribution in [-0.2, 0) is 4.79 Å². The molecule has 4 rings (SSSR count). The zero-order valence-corrected chi connectivity index (χ0v) is 17.6. The normalized spacial score (nSPS) is 24.3. The Balaban J connectivity index is 1.63. The zero-order chi connectivity index (χ0) is 21.3. The van der Waals surface area contributed by atoms with Crippen molar-refractivity contribution in [3.8, 4) is 17.2 Å². The van der Waals surface area contributed by atoms with Crippen molar-refractivity contribution in [2.24, 2.45) is 5.92 Å². The first-order chi connectivity index (χ1) is 14.5. The fraction of sp³-hybridized carbons (Fsp3) is 0.417. The number of ketones is 1. The first-order valence-corrected chi connectivity index (χ1v) is 10.4. The standard InChI is InChI=1S/C24H27NO5/c1-4-5-13-29-16-11-9-15(10-12-16)21(26)20-18-14-24(2,25-23(20)27)30-22-17(18)7-6-8-19(22)28-3/h6-12,18,20H,4-5,13-14H2,1-3H3,(H,25,27)/t18-,20+,24-/m1/s1. The number of amides is 1. The van der Waals surface area contributed by atoms with E-state index in [0.717, 1.165) is 24.2 Å². The molecule has 1 N–H and O–H groups in total. The van der Waals surface area contributed by atoms with Crippen molar-refractivity contribution >= 4 is 11.7 Å². The largest absolute Gasteiger partial charge is 0.494 e. The number of ether oxygens (including phenoxy) is 3. The maximum Gasteiger partial charge on any atom is 0.234 e. The number of hydrogen-bond acceptors (Lipinski definition) is 5. The summed E-state index contributed by atoms with van der Waals surface area (Å²) in [7, 11) is 1.58. The first kappa shape index (κ1) is 20.3. The summed E-state index contributed by atoms with van der Waals surface area (Å²) in [6.45, 7) is 4.58. The fourth-order valence-corrected chi connectivity index (χ4v) is 4.32. The summed E-state index contributed by atoms with van der Waals surface area (Å²) in [5.41, 5.74) is 0.467. The molecule has 6 heteroatoms. The van der Waals surface area contributed by atoms with Crippen molar-refractivity contribution < 1.29 is 23.8 Å². The number of carbonyl (C=O) groups excluding carboxylic acids is 2. The minimum atomic E-state index is -0.864. The summed E-state index contributed by atoms with van der Waals surface area (Å²) in [6.07, 6.45) is 2.56. The quantitative estimate of drug-likeness (QED) is 0.424. The minimum absolute atomic E-state index is 0.199. The molecule has 0 aliphatic carbocycles. The van der Waals surface area contributed by atoms with Crippen LogP contribution in [0.5, 0.6) is 17.2 Å². The predicted molar refractivity (Wildman–Crippen MR) is 112 cm³/mol. The Morgan fingerprint density at radius 1 is 1.23 bits per heavy atom. The van der Waals surface area contributed by atoms with Crippen LogP contribution in [0.3, 0.4) is 0 Å². The number of piperidine rings is 1. The molecule has 30 heavy (non-hydrogen) atoms. The lowest BCUT2D eigenvalue weighted by Gasteiger charge is -2.47. The highest BCUT2D eigenvalue weighted by molar-refractivity contribution is 6.11. The van der Waals surface area contributed by atoms with Gasteiger partial charge in [0.2, 0.25) is 5.91 Å². The first-order valence-electron chi connectivity index (χ1n) is 10.4. The predicted octanol–water partition coefficient (Wildman–Crippen LogP) is 4.09. The number of fused-ring (bicyclic) bond motifs is 4. The van der Waals surface area contributed by atoms with Crippen LogP contribution in [0.4, 0.5) is 0 Å². The molecule has 2 heterocycles. The number of carbonyl (C=O) groups is 2. The van der Waals surface area contributed by atoms with Gasteiger partial charge in [-0.25, -0.2) is 0 Å². The SMILES string of the molecule is CCCCOc1ccc(C(=O)[C@H]2C(=O)N[C@@]3(C)C[C@@H]2c2cccc(OC)c2O3)cc1. The third-order valence-corrected chi connectivity index (χ3v) is 5.83. The zero-order valence-electron chi connectivity index (χ0n) is 17.6. The van der Waals surface area contributed by atoms with E-state index in [1.807, 2.05) is 25.1 Å². The van der Waals surface area contributed by atoms with Crippen LogP contribution in [0, 0.1) is 5.92 Å². The number of Topliss-reactive ketones (excluding diaryl/α,β-unsaturated/α-hetero) is 1. The van der Waals surface area contributed by atoms with E-state index < -0.39 is 11.6 Å². The van der Waals surface area contributed by atoms with Crippen LogP contribution in [0.25, 0.3) is 0 Å². The molecule has 2 aliphatic rings. The van der Waals surface area contributed by atoms with Gasteiger partial charge in [0.05, 0.1) is 13.7 Å². The smallest absolute Gasteiger partial charge is 0.234 e. The van der Waals surface area contributed by atoms with E-state index in [2.05, 4.69) is 12.2 Å². The topological polar surface area (TPSA) is 73.9 Å². The summed E-state index contributed by atoms with van der Waals surface area (Å²) in [4.78, 5) is 26.3. The summed E-state index contributed by atoms with van der Waals surface area (Å²) < 4.78 is 17.2. The Bertz CT molecular complexity index is 955. The van der Waals surface area contributed by atoms with E-state index in [0.29, 0.717) is 30.1 Å². The van der Waals surface area contributed by atoms with Crippen LogP contribution in [0.2, 0.25) is 0 Å². The molecular formula is C24H27NO5. The molecule has 0 saturated carbocycles. The molecule has 158 valence electrons. The third-order valence-electron chi connectivity index (χ3n) is 5.83. The highest BCUT2D eigenvalue weighted by atomic mass is 16.5. The number of nitrogens with one attached hydrogen (secondary N) is 1. The van der Waals surface area contributed by atoms with E-state index in [9.17, 15) is 9.59 Å². The number of benzene rings is 2. The summed E-state index contributed by atoms with van der Waals surface area (Å²) >= 11 is 0. The van der Waals surface area contributed by atoms with Gasteiger partial charge in [-0.1, -0.05) is 25.5 Å². The van der Waals surface area contributed by atoms with Crippen LogP contribution < -0.4 is 19.5 Å². The Labute approximate surface area is 176 Å². The Kier molecular flexibility index (Phi) is 5.41. The average Bonchev–Trinajstić information content (AvgIpc) is 2.73. The van der Waals surface area contributed by atoms with Gasteiger partial charge in [-0.05, 0) is 43.7 Å². The number of para-hydroxylation sites is 1. The van der Waals surface area contributed by atoms with Crippen LogP contribution in [0.1, 0.15) is 54.9 Å². The highest BCUT2D eigenvalue weighted by Gasteiger charge is 2.52. The third kappa shape index (κ3) is 3.62. The molecule has 2 aromatic rings. The van der Waals surface area contributed by atoms with Gasteiger partial charge in [0, 0.05) is 23.5 Å². The molecule has 3 atom stereocenters. The van der Waals surface area contributed by atoms with Gasteiger partial charge in [-0.15, -0.1) is 0 Å². The lowest BCUT2D eigenvalue weighted by atomic mass is 9.72. The lowest BCUT2D eigenvalue weighted by molar-refractivity contribution is -0.137. The summed E-state index contributed by atoms with van der Waals surface area (Å²) in [5.74, 6) is 0.304. The Hall–Kier alpha value is -3.02. The molecule has 0 spiro atoms. The molecule has 6 nitrogen and oxygen atoms in total. The van der Waals surface area contributed by atoms with Gasteiger partial charge in [0.15, 0.2) is 23.0 Å². The van der Waals surface area contributed by atoms with E-state index in [1.165, 1.54) is 0 Å². The van der Waals surface area contributed by atoms with Crippen LogP contribution in [-0.4, -0.2) is 31.1 Å². The minimum Gasteiger partial charge on any atom is -0.494 e. The van der Waals surface area contributed by atoms with E-state index in [4.69, 9.17) is 14.2 Å². The second-order valence-electron chi connectivity index (χ2n) is 8.08. The molecule has 1 amide bonds. The highest BCUT2D eigenvalue weighted by Crippen LogP contribution is 2.50. The molecular weight excluding hydrogens is 382 g/mol. The van der Waals surface area contributed by atoms with Gasteiger partial charge < -0.3 is 19.5 Å². The Morgan fingerprint density at radius 3 is 2.70 bits per heavy atom. The monoisotopic (exact) mass is 409 g/mol. The van der Waals surface area contributed by atoms with Crippen molar-refractivity contribution in [3.63, 3.8) is 0 Å². The summed E-state index contributed by atoms with van der Waals surface area (Å²) in [5, 5.41) is 2.90. The van der Waals surface area contributed by atoms with Gasteiger partial charge in [0.1, 0.15) is 11.7 Å². The molecule has 0 radical (unpaired) electrons. The van der Waals surface area contributed by atoms with Gasteiger partial charge in [0.25, 0.3) is 0 Å². The second kappa shape index (κ2) is 8.01. The van der Waals surface area contributed by atoms with E-state index >= 15 is 0 Å². The summed E-state index contributed by atoms with van der Waals surface area (Å²) in [6, 6.07) is 12.6. The van der Waals surface area contributed by atoms with Crippen molar-refractivity contribution in [2.45, 2.75) is 44.8 Å². The lowest BCUT2D eigenvalue weighted by Crippen LogP contribution is -2.61. The molecule has 1 saturated heterocycles. The molecule has 0 aromatic heterocycles. The van der Waals surface area contributed by atoms with Crippen molar-refractivity contribution in [3.05, 3.63) is 53.6 Å². The van der Waals surface area contributed by atoms with Crippen molar-refractivity contribution in [1.82, 2.24) is 5.32 Å². The maximum atomic E-state index is 13.4. The van der Waals surface area contributed by atoms with Gasteiger partial charge in [-0.3, -0.25) is 9.59 Å². The van der Waals surface area contributed by atoms with Crippen molar-refractivity contribution in [1.29, 1.82) is 0 Å². The number of rotatable bonds is 7. The molecule has 2 aromatic carbocycles. The number of hydrogen-bond donors (Lipinski definition) is 1. The Morgan fingerprint density at radius 2 is 2.00 bits per heavy atom. The number of methoxy groups -OCH3 is 1. The average molecular weight is 409 g/mol. The van der Waals surface area contributed by atoms with E-state index in [1.54, 1.807) is 31.4 Å². The molecule has 1 fully saturated rings. The fourth-order valence-electron chi connectivity index (χ4n) is 4.32. The van der Waals surface area contributed by atoms with E-state index in [-0.39, 0.29) is 17.6 Å². The molecule has 2 aliphatic heterocycles. The molecule has 0 unspecified atom stereocenters. The number of unbranched alkanes of at least 4 members (excludes halogenated alkanes) is 1. The van der Waals surface area contributed by atoms with Gasteiger partial charge in [-0.2, -0.15) is 0 Å². The van der Waals surface area contributed by atoms with Gasteiger partial charge >= 0.3 is 0 Å². The maximum absolute atomic E-state index is 13.4. The second-order valence-corrected chi connectivity index (χ2v) is 8.08. The van der Waals surface area contributed by atoms with Crippen LogP contribution in [0.15, 0.2) is 42.5 Å². The molecule has 2 bridgehead atoms. The van der Waals surface area contributed by atoms with Crippen LogP contribution >= 0.6 is 0 Å².